The van der Waals surface area contributed by atoms with E-state index >= 15 is 0 Å². The summed E-state index contributed by atoms with van der Waals surface area (Å²) in [7, 11) is 0. The lowest BCUT2D eigenvalue weighted by Crippen LogP contribution is -2.24. The summed E-state index contributed by atoms with van der Waals surface area (Å²) in [5, 5.41) is 15.4. The molecule has 2 N–H and O–H groups in total. The number of rotatable bonds is 8. The second kappa shape index (κ2) is 10.4. The zero-order chi connectivity index (χ0) is 20.6. The van der Waals surface area contributed by atoms with Crippen LogP contribution in [-0.4, -0.2) is 27.8 Å². The maximum absolute atomic E-state index is 12.3. The Balaban J connectivity index is 1.42. The van der Waals surface area contributed by atoms with Crippen LogP contribution in [0.15, 0.2) is 48.5 Å². The van der Waals surface area contributed by atoms with Crippen LogP contribution in [-0.2, 0) is 17.1 Å². The zero-order valence-corrected chi connectivity index (χ0v) is 18.0. The molecule has 0 saturated carbocycles. The van der Waals surface area contributed by atoms with Crippen LogP contribution < -0.4 is 10.6 Å². The Kier molecular flexibility index (Phi) is 7.62. The maximum Gasteiger partial charge on any atom is 0.286 e. The lowest BCUT2D eigenvalue weighted by atomic mass is 10.2. The molecule has 3 aromatic rings. The number of benzene rings is 2. The van der Waals surface area contributed by atoms with Crippen molar-refractivity contribution in [2.24, 2.45) is 0 Å². The molecule has 0 unspecified atom stereocenters. The van der Waals surface area contributed by atoms with E-state index in [9.17, 15) is 9.59 Å². The summed E-state index contributed by atoms with van der Waals surface area (Å²) < 4.78 is 0. The first-order valence-corrected chi connectivity index (χ1v) is 11.1. The number of amides is 2. The number of nitrogens with one attached hydrogen (secondary N) is 2. The average molecular weight is 447 g/mol. The summed E-state index contributed by atoms with van der Waals surface area (Å²) in [6.45, 7) is 2.38. The third-order valence-electron chi connectivity index (χ3n) is 3.92. The Morgan fingerprint density at radius 1 is 1.10 bits per heavy atom. The smallest absolute Gasteiger partial charge is 0.286 e. The fourth-order valence-electron chi connectivity index (χ4n) is 2.38. The number of nitrogens with zero attached hydrogens (tertiary/aromatic N) is 2. The van der Waals surface area contributed by atoms with Gasteiger partial charge >= 0.3 is 0 Å². The summed E-state index contributed by atoms with van der Waals surface area (Å²) >= 11 is 8.50. The molecule has 1 heterocycles. The SMILES string of the molecule is Cc1ccccc1NC(=O)c1nnc(CSCC(=O)NCc2ccc(Cl)cc2)s1. The molecule has 0 saturated heterocycles. The summed E-state index contributed by atoms with van der Waals surface area (Å²) in [5.74, 6) is 0.474. The first-order valence-electron chi connectivity index (χ1n) is 8.79. The average Bonchev–Trinajstić information content (AvgIpc) is 3.18. The molecule has 0 aliphatic rings. The fraction of sp³-hybridized carbons (Fsp3) is 0.200. The number of aryl methyl sites for hydroxylation is 1. The van der Waals surface area contributed by atoms with E-state index in [2.05, 4.69) is 20.8 Å². The van der Waals surface area contributed by atoms with Crippen molar-refractivity contribution in [1.29, 1.82) is 0 Å². The van der Waals surface area contributed by atoms with Gasteiger partial charge in [0.1, 0.15) is 5.01 Å². The molecule has 2 aromatic carbocycles. The number of carbonyl (C=O) groups excluding carboxylic acids is 2. The first-order chi connectivity index (χ1) is 14.0. The molecule has 0 bridgehead atoms. The summed E-state index contributed by atoms with van der Waals surface area (Å²) in [5.41, 5.74) is 2.72. The highest BCUT2D eigenvalue weighted by molar-refractivity contribution is 7.99. The maximum atomic E-state index is 12.3. The molecule has 0 radical (unpaired) electrons. The van der Waals surface area contributed by atoms with Gasteiger partial charge in [-0.05, 0) is 36.2 Å². The van der Waals surface area contributed by atoms with Gasteiger partial charge in [0.15, 0.2) is 0 Å². The van der Waals surface area contributed by atoms with Crippen LogP contribution in [0.4, 0.5) is 5.69 Å². The third kappa shape index (κ3) is 6.56. The van der Waals surface area contributed by atoms with E-state index < -0.39 is 0 Å². The summed E-state index contributed by atoms with van der Waals surface area (Å²) in [4.78, 5) is 24.3. The van der Waals surface area contributed by atoms with E-state index in [1.54, 1.807) is 12.1 Å². The lowest BCUT2D eigenvalue weighted by molar-refractivity contribution is -0.118. The molecular formula is C20H19ClN4O2S2. The van der Waals surface area contributed by atoms with Crippen LogP contribution in [0.25, 0.3) is 0 Å². The number of para-hydroxylation sites is 1. The van der Waals surface area contributed by atoms with Gasteiger partial charge in [-0.2, -0.15) is 0 Å². The monoisotopic (exact) mass is 446 g/mol. The van der Waals surface area contributed by atoms with Crippen molar-refractivity contribution in [3.8, 4) is 0 Å². The largest absolute Gasteiger partial charge is 0.351 e. The highest BCUT2D eigenvalue weighted by Gasteiger charge is 2.14. The predicted octanol–water partition coefficient (Wildman–Crippen LogP) is 4.30. The highest BCUT2D eigenvalue weighted by atomic mass is 35.5. The Morgan fingerprint density at radius 2 is 1.86 bits per heavy atom. The van der Waals surface area contributed by atoms with Crippen molar-refractivity contribution in [2.75, 3.05) is 11.1 Å². The molecule has 9 heteroatoms. The van der Waals surface area contributed by atoms with E-state index in [0.29, 0.717) is 33.1 Å². The van der Waals surface area contributed by atoms with E-state index in [4.69, 9.17) is 11.6 Å². The van der Waals surface area contributed by atoms with Gasteiger partial charge in [-0.1, -0.05) is 53.3 Å². The molecule has 0 aliphatic heterocycles. The Morgan fingerprint density at radius 3 is 2.62 bits per heavy atom. The highest BCUT2D eigenvalue weighted by Crippen LogP contribution is 2.19. The topological polar surface area (TPSA) is 84.0 Å². The van der Waals surface area contributed by atoms with Crippen LogP contribution in [0, 0.1) is 6.92 Å². The van der Waals surface area contributed by atoms with Gasteiger partial charge in [0.05, 0.1) is 5.75 Å². The Bertz CT molecular complexity index is 992. The molecule has 0 atom stereocenters. The molecule has 29 heavy (non-hydrogen) atoms. The van der Waals surface area contributed by atoms with Crippen molar-refractivity contribution in [2.45, 2.75) is 19.2 Å². The fourth-order valence-corrected chi connectivity index (χ4v) is 4.14. The molecule has 150 valence electrons. The number of carbonyl (C=O) groups is 2. The minimum Gasteiger partial charge on any atom is -0.351 e. The second-order valence-corrected chi connectivity index (χ2v) is 8.65. The van der Waals surface area contributed by atoms with Crippen LogP contribution in [0.1, 0.15) is 25.9 Å². The van der Waals surface area contributed by atoms with Gasteiger partial charge in [-0.25, -0.2) is 0 Å². The third-order valence-corrected chi connectivity index (χ3v) is 6.22. The molecule has 6 nitrogen and oxygen atoms in total. The van der Waals surface area contributed by atoms with Crippen LogP contribution >= 0.6 is 34.7 Å². The van der Waals surface area contributed by atoms with E-state index in [1.165, 1.54) is 23.1 Å². The van der Waals surface area contributed by atoms with Crippen molar-refractivity contribution in [1.82, 2.24) is 15.5 Å². The van der Waals surface area contributed by atoms with Gasteiger partial charge in [-0.15, -0.1) is 22.0 Å². The number of hydrogen-bond donors (Lipinski definition) is 2. The first kappa shape index (κ1) is 21.3. The van der Waals surface area contributed by atoms with E-state index in [0.717, 1.165) is 16.8 Å². The molecule has 0 aliphatic carbocycles. The number of anilines is 1. The van der Waals surface area contributed by atoms with Gasteiger partial charge in [-0.3, -0.25) is 9.59 Å². The van der Waals surface area contributed by atoms with Crippen molar-refractivity contribution < 1.29 is 9.59 Å². The standard InChI is InChI=1S/C20H19ClN4O2S2/c1-13-4-2-3-5-16(13)23-19(27)20-25-24-18(29-20)12-28-11-17(26)22-10-14-6-8-15(21)9-7-14/h2-9H,10-12H2,1H3,(H,22,26)(H,23,27). The molecule has 2 amide bonds. The summed E-state index contributed by atoms with van der Waals surface area (Å²) in [6.07, 6.45) is 0. The Hall–Kier alpha value is -2.42. The number of halogens is 1. The number of hydrogen-bond acceptors (Lipinski definition) is 6. The van der Waals surface area contributed by atoms with Gasteiger partial charge in [0, 0.05) is 23.0 Å². The molecular weight excluding hydrogens is 428 g/mol. The predicted molar refractivity (Wildman–Crippen MR) is 119 cm³/mol. The van der Waals surface area contributed by atoms with E-state index in [1.807, 2.05) is 43.3 Å². The van der Waals surface area contributed by atoms with Crippen molar-refractivity contribution in [3.05, 3.63) is 74.7 Å². The zero-order valence-electron chi connectivity index (χ0n) is 15.6. The van der Waals surface area contributed by atoms with Crippen LogP contribution in [0.3, 0.4) is 0 Å². The number of thioether (sulfide) groups is 1. The molecule has 3 rings (SSSR count). The van der Waals surface area contributed by atoms with Gasteiger partial charge in [0.25, 0.3) is 5.91 Å². The Labute approximate surface area is 182 Å². The van der Waals surface area contributed by atoms with E-state index in [-0.39, 0.29) is 11.8 Å². The van der Waals surface area contributed by atoms with Crippen molar-refractivity contribution in [3.63, 3.8) is 0 Å². The lowest BCUT2D eigenvalue weighted by Gasteiger charge is -2.05. The molecule has 0 spiro atoms. The van der Waals surface area contributed by atoms with Crippen molar-refractivity contribution >= 4 is 52.2 Å². The molecule has 0 fully saturated rings. The van der Waals surface area contributed by atoms with Gasteiger partial charge in [0.2, 0.25) is 10.9 Å². The molecule has 1 aromatic heterocycles. The second-order valence-electron chi connectivity index (χ2n) is 6.17. The minimum absolute atomic E-state index is 0.0630. The quantitative estimate of drug-likeness (QED) is 0.538. The van der Waals surface area contributed by atoms with Crippen LogP contribution in [0.5, 0.6) is 0 Å². The summed E-state index contributed by atoms with van der Waals surface area (Å²) in [6, 6.07) is 14.9. The number of aromatic nitrogens is 2. The minimum atomic E-state index is -0.284. The van der Waals surface area contributed by atoms with Crippen LogP contribution in [0.2, 0.25) is 5.02 Å². The van der Waals surface area contributed by atoms with Gasteiger partial charge < -0.3 is 10.6 Å². The normalized spacial score (nSPS) is 10.6.